The number of carbonyl (C=O) groups is 1. The third kappa shape index (κ3) is 5.22. The van der Waals surface area contributed by atoms with E-state index in [9.17, 15) is 4.79 Å². The number of piperazine rings is 1. The summed E-state index contributed by atoms with van der Waals surface area (Å²) in [6, 6.07) is 17.0. The monoisotopic (exact) mass is 449 g/mol. The summed E-state index contributed by atoms with van der Waals surface area (Å²) in [6.45, 7) is 4.31. The maximum atomic E-state index is 12.5. The Balaban J connectivity index is 1.14. The smallest absolute Gasteiger partial charge is 0.245 e. The van der Waals surface area contributed by atoms with E-state index in [-0.39, 0.29) is 24.5 Å². The van der Waals surface area contributed by atoms with Gasteiger partial charge in [0, 0.05) is 37.4 Å². The molecule has 2 aliphatic heterocycles. The number of hydrogen-bond acceptors (Lipinski definition) is 9. The van der Waals surface area contributed by atoms with Crippen molar-refractivity contribution in [2.75, 3.05) is 50.9 Å². The van der Waals surface area contributed by atoms with E-state index in [4.69, 9.17) is 14.0 Å². The summed E-state index contributed by atoms with van der Waals surface area (Å²) in [6.07, 6.45) is 0. The van der Waals surface area contributed by atoms with Gasteiger partial charge < -0.3 is 29.5 Å². The molecule has 0 aliphatic carbocycles. The highest BCUT2D eigenvalue weighted by molar-refractivity contribution is 5.85. The lowest BCUT2D eigenvalue weighted by atomic mass is 10.1. The second-order valence-corrected chi connectivity index (χ2v) is 8.09. The fourth-order valence-electron chi connectivity index (χ4n) is 3.98. The van der Waals surface area contributed by atoms with Crippen LogP contribution in [0.5, 0.6) is 5.75 Å². The van der Waals surface area contributed by atoms with Crippen molar-refractivity contribution in [1.82, 2.24) is 20.8 Å². The van der Waals surface area contributed by atoms with E-state index in [1.807, 2.05) is 42.5 Å². The number of morpholine rings is 1. The van der Waals surface area contributed by atoms with Crippen LogP contribution >= 0.6 is 0 Å². The fraction of sp³-hybridized carbons (Fsp3) is 0.375. The summed E-state index contributed by atoms with van der Waals surface area (Å²) in [5.74, 6) is 1.73. The highest BCUT2D eigenvalue weighted by Gasteiger charge is 2.29. The van der Waals surface area contributed by atoms with E-state index in [2.05, 4.69) is 37.8 Å². The Kier molecular flexibility index (Phi) is 6.61. The van der Waals surface area contributed by atoms with Gasteiger partial charge in [0.25, 0.3) is 0 Å². The maximum absolute atomic E-state index is 12.5. The number of nitrogens with one attached hydrogen (secondary N) is 2. The second-order valence-electron chi connectivity index (χ2n) is 8.09. The van der Waals surface area contributed by atoms with Gasteiger partial charge >= 0.3 is 0 Å². The predicted molar refractivity (Wildman–Crippen MR) is 122 cm³/mol. The number of anilines is 1. The van der Waals surface area contributed by atoms with Crippen molar-refractivity contribution in [1.29, 1.82) is 0 Å². The van der Waals surface area contributed by atoms with Crippen LogP contribution in [0.2, 0.25) is 0 Å². The first kappa shape index (κ1) is 21.6. The summed E-state index contributed by atoms with van der Waals surface area (Å²) in [5, 5.41) is 10.7. The summed E-state index contributed by atoms with van der Waals surface area (Å²) >= 11 is 0. The van der Waals surface area contributed by atoms with Crippen molar-refractivity contribution in [2.24, 2.45) is 0 Å². The highest BCUT2D eigenvalue weighted by atomic mass is 16.5. The molecule has 0 radical (unpaired) electrons. The van der Waals surface area contributed by atoms with Crippen LogP contribution in [0.4, 0.5) is 5.69 Å². The molecule has 1 aromatic heterocycles. The lowest BCUT2D eigenvalue weighted by molar-refractivity contribution is -0.123. The van der Waals surface area contributed by atoms with Gasteiger partial charge in [-0.2, -0.15) is 4.98 Å². The topological polar surface area (TPSA) is 102 Å². The van der Waals surface area contributed by atoms with Crippen LogP contribution < -0.4 is 20.3 Å². The Labute approximate surface area is 192 Å². The first-order chi connectivity index (χ1) is 16.3. The number of ether oxygens (including phenoxy) is 2. The number of Topliss-reactive ketones (excluding diaryl/α,β-unsaturated/α-hetero) is 1. The molecule has 9 nitrogen and oxygen atoms in total. The molecule has 2 atom stereocenters. The summed E-state index contributed by atoms with van der Waals surface area (Å²) in [4.78, 5) is 19.3. The fourth-order valence-corrected chi connectivity index (χ4v) is 3.98. The van der Waals surface area contributed by atoms with Crippen molar-refractivity contribution in [2.45, 2.75) is 12.1 Å². The van der Waals surface area contributed by atoms with Crippen LogP contribution in [-0.4, -0.2) is 68.0 Å². The summed E-state index contributed by atoms with van der Waals surface area (Å²) in [7, 11) is 0. The van der Waals surface area contributed by atoms with Gasteiger partial charge in [0.1, 0.15) is 12.4 Å². The van der Waals surface area contributed by atoms with Crippen LogP contribution in [-0.2, 0) is 9.53 Å². The van der Waals surface area contributed by atoms with Crippen LogP contribution in [0.25, 0.3) is 11.4 Å². The Morgan fingerprint density at radius 2 is 1.82 bits per heavy atom. The van der Waals surface area contributed by atoms with E-state index in [1.165, 1.54) is 0 Å². The average Bonchev–Trinajstić information content (AvgIpc) is 3.39. The van der Waals surface area contributed by atoms with Crippen molar-refractivity contribution in [3.63, 3.8) is 0 Å². The minimum Gasteiger partial charge on any atom is -0.486 e. The molecule has 3 aromatic rings. The lowest BCUT2D eigenvalue weighted by Crippen LogP contribution is -2.54. The average molecular weight is 450 g/mol. The van der Waals surface area contributed by atoms with E-state index < -0.39 is 0 Å². The Bertz CT molecular complexity index is 1040. The Morgan fingerprint density at radius 3 is 2.55 bits per heavy atom. The second kappa shape index (κ2) is 10.1. The maximum Gasteiger partial charge on any atom is 0.245 e. The molecule has 0 bridgehead atoms. The minimum atomic E-state index is -0.319. The molecule has 0 saturated carbocycles. The molecule has 2 N–H and O–H groups in total. The summed E-state index contributed by atoms with van der Waals surface area (Å²) in [5.41, 5.74) is 2.06. The molecule has 172 valence electrons. The van der Waals surface area contributed by atoms with Gasteiger partial charge in [0.2, 0.25) is 11.7 Å². The van der Waals surface area contributed by atoms with Gasteiger partial charge in [-0.15, -0.1) is 0 Å². The Hall–Kier alpha value is -3.27. The van der Waals surface area contributed by atoms with E-state index >= 15 is 0 Å². The molecule has 3 heterocycles. The van der Waals surface area contributed by atoms with Crippen LogP contribution in [0.1, 0.15) is 11.9 Å². The molecular formula is C24H27N5O4. The van der Waals surface area contributed by atoms with Crippen molar-refractivity contribution < 1.29 is 18.8 Å². The molecule has 2 fully saturated rings. The third-order valence-electron chi connectivity index (χ3n) is 5.89. The molecule has 5 rings (SSSR count). The molecule has 2 aliphatic rings. The van der Waals surface area contributed by atoms with Gasteiger partial charge in [-0.25, -0.2) is 0 Å². The zero-order chi connectivity index (χ0) is 22.5. The number of rotatable bonds is 7. The SMILES string of the molecule is O=C(COc1ccccc1)C1CNC(c2nc(-c3ccc(N4CCOCC4)cc3)no2)CN1. The number of carbonyl (C=O) groups excluding carboxylic acids is 1. The highest BCUT2D eigenvalue weighted by Crippen LogP contribution is 2.23. The standard InChI is InChI=1S/C24H27N5O4/c30-22(16-32-19-4-2-1-3-5-19)20-14-26-21(15-25-20)24-27-23(28-33-24)17-6-8-18(9-7-17)29-10-12-31-13-11-29/h1-9,20-21,25-26H,10-16H2. The third-order valence-corrected chi connectivity index (χ3v) is 5.89. The molecular weight excluding hydrogens is 422 g/mol. The number of hydrogen-bond donors (Lipinski definition) is 2. The number of nitrogens with zero attached hydrogens (tertiary/aromatic N) is 3. The quantitative estimate of drug-likeness (QED) is 0.559. The molecule has 33 heavy (non-hydrogen) atoms. The van der Waals surface area contributed by atoms with Crippen molar-refractivity contribution >= 4 is 11.5 Å². The zero-order valence-electron chi connectivity index (χ0n) is 18.3. The van der Waals surface area contributed by atoms with Gasteiger partial charge in [-0.3, -0.25) is 4.79 Å². The molecule has 2 unspecified atom stereocenters. The summed E-state index contributed by atoms with van der Waals surface area (Å²) < 4.78 is 16.5. The number of ketones is 1. The normalized spacial score (nSPS) is 21.0. The molecule has 0 spiro atoms. The number of benzene rings is 2. The van der Waals surface area contributed by atoms with Crippen LogP contribution in [0.3, 0.4) is 0 Å². The first-order valence-electron chi connectivity index (χ1n) is 11.2. The lowest BCUT2D eigenvalue weighted by Gasteiger charge is -2.28. The van der Waals surface area contributed by atoms with Gasteiger partial charge in [-0.1, -0.05) is 23.4 Å². The number of para-hydroxylation sites is 1. The predicted octanol–water partition coefficient (Wildman–Crippen LogP) is 1.82. The van der Waals surface area contributed by atoms with Gasteiger partial charge in [0.05, 0.1) is 25.3 Å². The zero-order valence-corrected chi connectivity index (χ0v) is 18.3. The molecule has 9 heteroatoms. The van der Waals surface area contributed by atoms with Gasteiger partial charge in [-0.05, 0) is 36.4 Å². The molecule has 0 amide bonds. The molecule has 2 saturated heterocycles. The largest absolute Gasteiger partial charge is 0.486 e. The van der Waals surface area contributed by atoms with Crippen LogP contribution in [0.15, 0.2) is 59.1 Å². The minimum absolute atomic E-state index is 0.00335. The van der Waals surface area contributed by atoms with Crippen LogP contribution in [0, 0.1) is 0 Å². The van der Waals surface area contributed by atoms with Gasteiger partial charge in [0.15, 0.2) is 5.78 Å². The van der Waals surface area contributed by atoms with Crippen molar-refractivity contribution in [3.05, 3.63) is 60.5 Å². The van der Waals surface area contributed by atoms with Crippen molar-refractivity contribution in [3.8, 4) is 17.1 Å². The Morgan fingerprint density at radius 1 is 1.03 bits per heavy atom. The number of aromatic nitrogens is 2. The van der Waals surface area contributed by atoms with E-state index in [0.717, 1.165) is 37.6 Å². The van der Waals surface area contributed by atoms with E-state index in [1.54, 1.807) is 0 Å². The molecule has 2 aromatic carbocycles. The van der Waals surface area contributed by atoms with E-state index in [0.29, 0.717) is 30.6 Å². The first-order valence-corrected chi connectivity index (χ1v) is 11.2.